The van der Waals surface area contributed by atoms with Crippen molar-refractivity contribution in [2.24, 2.45) is 5.92 Å². The maximum atomic E-state index is 11.5. The van der Waals surface area contributed by atoms with Crippen molar-refractivity contribution in [1.29, 1.82) is 0 Å². The summed E-state index contributed by atoms with van der Waals surface area (Å²) in [5.74, 6) is 0.809. The normalized spacial score (nSPS) is 25.2. The third-order valence-corrected chi connectivity index (χ3v) is 3.15. The molecule has 1 atom stereocenters. The highest BCUT2D eigenvalue weighted by molar-refractivity contribution is 9.09. The molecule has 70 valence electrons. The molecule has 0 bridgehead atoms. The predicted octanol–water partition coefficient (Wildman–Crippen LogP) is 2.03. The van der Waals surface area contributed by atoms with E-state index < -0.39 is 0 Å². The van der Waals surface area contributed by atoms with E-state index in [9.17, 15) is 4.79 Å². The van der Waals surface area contributed by atoms with Gasteiger partial charge in [-0.3, -0.25) is 4.79 Å². The lowest BCUT2D eigenvalue weighted by Gasteiger charge is -2.32. The first-order valence-electron chi connectivity index (χ1n) is 4.31. The lowest BCUT2D eigenvalue weighted by atomic mass is 10.1. The molecule has 2 nitrogen and oxygen atoms in total. The van der Waals surface area contributed by atoms with E-state index in [0.717, 1.165) is 11.9 Å². The molecule has 1 aliphatic rings. The zero-order valence-electron chi connectivity index (χ0n) is 7.93. The third kappa shape index (κ3) is 2.00. The van der Waals surface area contributed by atoms with Crippen LogP contribution in [0.3, 0.4) is 0 Å². The minimum atomic E-state index is -0.00595. The van der Waals surface area contributed by atoms with Crippen molar-refractivity contribution in [3.05, 3.63) is 0 Å². The first-order valence-corrected chi connectivity index (χ1v) is 5.43. The van der Waals surface area contributed by atoms with Gasteiger partial charge in [0.05, 0.1) is 0 Å². The number of likely N-dealkylation sites (tertiary alicyclic amines) is 1. The van der Waals surface area contributed by atoms with Crippen molar-refractivity contribution in [3.63, 3.8) is 0 Å². The molecule has 0 aromatic rings. The molecule has 0 aromatic heterocycles. The molecule has 1 unspecified atom stereocenters. The Kier molecular flexibility index (Phi) is 2.81. The lowest BCUT2D eigenvalue weighted by Crippen LogP contribution is -2.42. The standard InChI is InChI=1S/C9H16BrNO/c1-9(2,3)11-6-7(5-10)4-8(11)12/h7H,4-6H2,1-3H3. The quantitative estimate of drug-likeness (QED) is 0.635. The van der Waals surface area contributed by atoms with Gasteiger partial charge in [0.2, 0.25) is 5.91 Å². The molecule has 0 radical (unpaired) electrons. The van der Waals surface area contributed by atoms with Crippen molar-refractivity contribution in [2.45, 2.75) is 32.7 Å². The summed E-state index contributed by atoms with van der Waals surface area (Å²) < 4.78 is 0. The summed E-state index contributed by atoms with van der Waals surface area (Å²) in [6, 6.07) is 0. The first-order chi connectivity index (χ1) is 5.45. The molecule has 0 aromatic carbocycles. The van der Waals surface area contributed by atoms with Crippen molar-refractivity contribution in [2.75, 3.05) is 11.9 Å². The molecule has 0 spiro atoms. The summed E-state index contributed by atoms with van der Waals surface area (Å²) in [5, 5.41) is 0.936. The average molecular weight is 234 g/mol. The summed E-state index contributed by atoms with van der Waals surface area (Å²) in [5.41, 5.74) is -0.00595. The molecule has 12 heavy (non-hydrogen) atoms. The number of halogens is 1. The minimum absolute atomic E-state index is 0.00595. The Morgan fingerprint density at radius 3 is 2.42 bits per heavy atom. The second-order valence-corrected chi connectivity index (χ2v) is 5.05. The number of alkyl halides is 1. The van der Waals surface area contributed by atoms with Gasteiger partial charge in [0.1, 0.15) is 0 Å². The van der Waals surface area contributed by atoms with Crippen LogP contribution in [0.25, 0.3) is 0 Å². The Bertz CT molecular complexity index is 185. The fraction of sp³-hybridized carbons (Fsp3) is 0.889. The van der Waals surface area contributed by atoms with Crippen LogP contribution in [-0.2, 0) is 4.79 Å². The van der Waals surface area contributed by atoms with Gasteiger partial charge in [-0.1, -0.05) is 15.9 Å². The molecule has 1 amide bonds. The molecule has 0 N–H and O–H groups in total. The van der Waals surface area contributed by atoms with Crippen LogP contribution in [0.2, 0.25) is 0 Å². The fourth-order valence-corrected chi connectivity index (χ4v) is 1.97. The molecule has 0 saturated carbocycles. The maximum Gasteiger partial charge on any atom is 0.223 e. The number of carbonyl (C=O) groups excluding carboxylic acids is 1. The first kappa shape index (κ1) is 10.0. The van der Waals surface area contributed by atoms with E-state index in [-0.39, 0.29) is 5.54 Å². The largest absolute Gasteiger partial charge is 0.338 e. The maximum absolute atomic E-state index is 11.5. The number of hydrogen-bond acceptors (Lipinski definition) is 1. The van der Waals surface area contributed by atoms with Crippen molar-refractivity contribution in [3.8, 4) is 0 Å². The van der Waals surface area contributed by atoms with Gasteiger partial charge < -0.3 is 4.90 Å². The number of nitrogens with zero attached hydrogens (tertiary/aromatic N) is 1. The fourth-order valence-electron chi connectivity index (χ4n) is 1.53. The topological polar surface area (TPSA) is 20.3 Å². The average Bonchev–Trinajstić information content (AvgIpc) is 2.29. The summed E-state index contributed by atoms with van der Waals surface area (Å²) >= 11 is 3.42. The summed E-state index contributed by atoms with van der Waals surface area (Å²) in [4.78, 5) is 13.5. The van der Waals surface area contributed by atoms with Gasteiger partial charge >= 0.3 is 0 Å². The highest BCUT2D eigenvalue weighted by atomic mass is 79.9. The van der Waals surface area contributed by atoms with E-state index in [2.05, 4.69) is 36.7 Å². The molecule has 0 aliphatic carbocycles. The monoisotopic (exact) mass is 233 g/mol. The molecular formula is C9H16BrNO. The van der Waals surface area contributed by atoms with Gasteiger partial charge in [-0.25, -0.2) is 0 Å². The van der Waals surface area contributed by atoms with Crippen LogP contribution in [0.4, 0.5) is 0 Å². The Hall–Kier alpha value is -0.0500. The molecule has 1 rings (SSSR count). The van der Waals surface area contributed by atoms with E-state index >= 15 is 0 Å². The van der Waals surface area contributed by atoms with Crippen LogP contribution in [0.1, 0.15) is 27.2 Å². The van der Waals surface area contributed by atoms with E-state index in [1.807, 2.05) is 4.90 Å². The van der Waals surface area contributed by atoms with Gasteiger partial charge in [0.25, 0.3) is 0 Å². The van der Waals surface area contributed by atoms with Gasteiger partial charge in [-0.05, 0) is 26.7 Å². The Morgan fingerprint density at radius 2 is 2.17 bits per heavy atom. The van der Waals surface area contributed by atoms with Gasteiger partial charge in [0, 0.05) is 23.8 Å². The lowest BCUT2D eigenvalue weighted by molar-refractivity contribution is -0.131. The number of amides is 1. The van der Waals surface area contributed by atoms with E-state index in [1.165, 1.54) is 0 Å². The second kappa shape index (κ2) is 3.36. The SMILES string of the molecule is CC(C)(C)N1CC(CBr)CC1=O. The predicted molar refractivity (Wildman–Crippen MR) is 53.4 cm³/mol. The molecule has 1 aliphatic heterocycles. The summed E-state index contributed by atoms with van der Waals surface area (Å²) in [6.07, 6.45) is 0.711. The zero-order chi connectivity index (χ0) is 9.35. The van der Waals surface area contributed by atoms with E-state index in [1.54, 1.807) is 0 Å². The molecule has 1 heterocycles. The highest BCUT2D eigenvalue weighted by Crippen LogP contribution is 2.26. The van der Waals surface area contributed by atoms with Crippen molar-refractivity contribution >= 4 is 21.8 Å². The minimum Gasteiger partial charge on any atom is -0.338 e. The Morgan fingerprint density at radius 1 is 1.58 bits per heavy atom. The van der Waals surface area contributed by atoms with Crippen LogP contribution >= 0.6 is 15.9 Å². The van der Waals surface area contributed by atoms with Crippen molar-refractivity contribution < 1.29 is 4.79 Å². The molecule has 3 heteroatoms. The van der Waals surface area contributed by atoms with Gasteiger partial charge in [0.15, 0.2) is 0 Å². The molecule has 1 saturated heterocycles. The van der Waals surface area contributed by atoms with E-state index in [4.69, 9.17) is 0 Å². The molecular weight excluding hydrogens is 218 g/mol. The third-order valence-electron chi connectivity index (χ3n) is 2.23. The van der Waals surface area contributed by atoms with Crippen LogP contribution in [0.5, 0.6) is 0 Å². The van der Waals surface area contributed by atoms with Crippen LogP contribution in [0, 0.1) is 5.92 Å². The van der Waals surface area contributed by atoms with Gasteiger partial charge in [-0.2, -0.15) is 0 Å². The van der Waals surface area contributed by atoms with Crippen LogP contribution < -0.4 is 0 Å². The number of rotatable bonds is 1. The second-order valence-electron chi connectivity index (χ2n) is 4.40. The number of carbonyl (C=O) groups is 1. The van der Waals surface area contributed by atoms with E-state index in [0.29, 0.717) is 18.2 Å². The number of hydrogen-bond donors (Lipinski definition) is 0. The smallest absolute Gasteiger partial charge is 0.223 e. The van der Waals surface area contributed by atoms with Crippen molar-refractivity contribution in [1.82, 2.24) is 4.90 Å². The summed E-state index contributed by atoms with van der Waals surface area (Å²) in [6.45, 7) is 7.16. The Balaban J connectivity index is 2.64. The Labute approximate surface area is 82.4 Å². The van der Waals surface area contributed by atoms with Crippen LogP contribution in [0.15, 0.2) is 0 Å². The van der Waals surface area contributed by atoms with Crippen LogP contribution in [-0.4, -0.2) is 28.2 Å². The molecule has 1 fully saturated rings. The zero-order valence-corrected chi connectivity index (χ0v) is 9.52. The van der Waals surface area contributed by atoms with Gasteiger partial charge in [-0.15, -0.1) is 0 Å². The summed E-state index contributed by atoms with van der Waals surface area (Å²) in [7, 11) is 0. The highest BCUT2D eigenvalue weighted by Gasteiger charge is 2.35.